The fraction of sp³-hybridized carbons (Fsp3) is 0.545. The predicted molar refractivity (Wildman–Crippen MR) is 73.6 cm³/mol. The molecule has 0 aliphatic heterocycles. The Labute approximate surface area is 134 Å². The minimum Gasteiger partial charge on any atom is -0.360 e. The number of nitrogens with one attached hydrogen (secondary N) is 1. The second-order valence-corrected chi connectivity index (χ2v) is 6.64. The molecular formula is C11H14F3N5O4S. The predicted octanol–water partition coefficient (Wildman–Crippen LogP) is 0.184. The molecule has 9 nitrogen and oxygen atoms in total. The average Bonchev–Trinajstić information content (AvgIpc) is 2.92. The summed E-state index contributed by atoms with van der Waals surface area (Å²) >= 11 is 0. The number of aromatic nitrogens is 4. The largest absolute Gasteiger partial charge is 0.451 e. The van der Waals surface area contributed by atoms with Crippen LogP contribution in [0.25, 0.3) is 0 Å². The van der Waals surface area contributed by atoms with Gasteiger partial charge >= 0.3 is 11.9 Å². The lowest BCUT2D eigenvalue weighted by Gasteiger charge is -2.05. The number of hydrogen-bond acceptors (Lipinski definition) is 6. The molecule has 0 fully saturated rings. The van der Waals surface area contributed by atoms with E-state index in [1.165, 1.54) is 13.8 Å². The van der Waals surface area contributed by atoms with Gasteiger partial charge in [0.2, 0.25) is 15.8 Å². The van der Waals surface area contributed by atoms with Gasteiger partial charge in [0.1, 0.15) is 10.6 Å². The number of sulfonamides is 1. The Bertz CT molecular complexity index is 890. The lowest BCUT2D eigenvalue weighted by Crippen LogP contribution is -2.32. The van der Waals surface area contributed by atoms with Crippen LogP contribution in [0.1, 0.15) is 17.3 Å². The van der Waals surface area contributed by atoms with E-state index in [-0.39, 0.29) is 29.4 Å². The van der Waals surface area contributed by atoms with Crippen LogP contribution in [0.3, 0.4) is 0 Å². The first-order valence-corrected chi connectivity index (χ1v) is 8.07. The zero-order chi connectivity index (χ0) is 18.3. The molecule has 0 amide bonds. The first-order valence-electron chi connectivity index (χ1n) is 6.58. The van der Waals surface area contributed by atoms with Crippen molar-refractivity contribution in [2.24, 2.45) is 7.05 Å². The third-order valence-electron chi connectivity index (χ3n) is 3.15. The molecule has 0 radical (unpaired) electrons. The summed E-state index contributed by atoms with van der Waals surface area (Å²) in [4.78, 5) is 11.5. The maximum absolute atomic E-state index is 12.7. The van der Waals surface area contributed by atoms with Crippen molar-refractivity contribution in [1.29, 1.82) is 0 Å². The molecule has 0 atom stereocenters. The van der Waals surface area contributed by atoms with Crippen LogP contribution in [0.15, 0.2) is 14.2 Å². The van der Waals surface area contributed by atoms with Crippen LogP contribution in [0.5, 0.6) is 0 Å². The Hall–Kier alpha value is -2.15. The van der Waals surface area contributed by atoms with E-state index in [4.69, 9.17) is 4.52 Å². The van der Waals surface area contributed by atoms with E-state index >= 15 is 0 Å². The quantitative estimate of drug-likeness (QED) is 0.805. The van der Waals surface area contributed by atoms with Gasteiger partial charge in [-0.1, -0.05) is 5.16 Å². The lowest BCUT2D eigenvalue weighted by atomic mass is 10.4. The zero-order valence-electron chi connectivity index (χ0n) is 12.9. The first kappa shape index (κ1) is 18.2. The molecule has 24 heavy (non-hydrogen) atoms. The molecule has 0 aliphatic rings. The summed E-state index contributed by atoms with van der Waals surface area (Å²) < 4.78 is 70.1. The van der Waals surface area contributed by atoms with Crippen LogP contribution in [0.2, 0.25) is 0 Å². The van der Waals surface area contributed by atoms with E-state index in [9.17, 15) is 26.4 Å². The highest BCUT2D eigenvalue weighted by atomic mass is 32.2. The molecule has 0 aliphatic carbocycles. The van der Waals surface area contributed by atoms with Gasteiger partial charge in [0, 0.05) is 13.6 Å². The summed E-state index contributed by atoms with van der Waals surface area (Å²) in [5.74, 6) is -1.28. The van der Waals surface area contributed by atoms with Gasteiger partial charge in [-0.25, -0.2) is 22.6 Å². The maximum Gasteiger partial charge on any atom is 0.451 e. The van der Waals surface area contributed by atoms with Gasteiger partial charge in [-0.15, -0.1) is 5.10 Å². The van der Waals surface area contributed by atoms with Crippen molar-refractivity contribution in [2.45, 2.75) is 31.5 Å². The minimum absolute atomic E-state index is 0.0781. The third-order valence-corrected chi connectivity index (χ3v) is 4.85. The van der Waals surface area contributed by atoms with Crippen molar-refractivity contribution in [2.75, 3.05) is 6.54 Å². The molecular weight excluding hydrogens is 355 g/mol. The summed E-state index contributed by atoms with van der Waals surface area (Å²) in [7, 11) is -3.04. The van der Waals surface area contributed by atoms with Gasteiger partial charge < -0.3 is 4.52 Å². The molecule has 2 aromatic rings. The van der Waals surface area contributed by atoms with Crippen LogP contribution in [-0.4, -0.2) is 34.5 Å². The van der Waals surface area contributed by atoms with Crippen LogP contribution in [0, 0.1) is 13.8 Å². The SMILES string of the molecule is Cc1noc(C)c1S(=O)(=O)NCCn1nc(C(F)(F)F)n(C)c1=O. The topological polar surface area (TPSA) is 112 Å². The number of halogens is 3. The third kappa shape index (κ3) is 3.36. The van der Waals surface area contributed by atoms with Crippen LogP contribution in [-0.2, 0) is 29.8 Å². The number of rotatable bonds is 5. The monoisotopic (exact) mass is 369 g/mol. The van der Waals surface area contributed by atoms with Crippen molar-refractivity contribution >= 4 is 10.0 Å². The smallest absolute Gasteiger partial charge is 0.360 e. The minimum atomic E-state index is -4.78. The first-order chi connectivity index (χ1) is 10.9. The second kappa shape index (κ2) is 6.05. The molecule has 2 rings (SSSR count). The van der Waals surface area contributed by atoms with E-state index in [1.807, 2.05) is 0 Å². The number of aryl methyl sites for hydroxylation is 2. The summed E-state index contributed by atoms with van der Waals surface area (Å²) in [6.45, 7) is 2.14. The van der Waals surface area contributed by atoms with E-state index in [2.05, 4.69) is 15.0 Å². The molecule has 0 saturated carbocycles. The standard InChI is InChI=1S/C11H14F3N5O4S/c1-6-8(7(2)23-17-6)24(21,22)15-4-5-19-10(20)18(3)9(16-19)11(12,13)14/h15H,4-5H2,1-3H3. The van der Waals surface area contributed by atoms with Gasteiger partial charge in [-0.2, -0.15) is 13.2 Å². The van der Waals surface area contributed by atoms with Crippen molar-refractivity contribution < 1.29 is 26.1 Å². The molecule has 13 heteroatoms. The van der Waals surface area contributed by atoms with Gasteiger partial charge in [0.15, 0.2) is 5.76 Å². The summed E-state index contributed by atoms with van der Waals surface area (Å²) in [5.41, 5.74) is -0.853. The van der Waals surface area contributed by atoms with Gasteiger partial charge in [0.25, 0.3) is 0 Å². The summed E-state index contributed by atoms with van der Waals surface area (Å²) in [5, 5.41) is 6.69. The highest BCUT2D eigenvalue weighted by Gasteiger charge is 2.38. The molecule has 0 bridgehead atoms. The maximum atomic E-state index is 12.7. The van der Waals surface area contributed by atoms with Gasteiger partial charge in [-0.3, -0.25) is 4.57 Å². The van der Waals surface area contributed by atoms with Gasteiger partial charge in [0.05, 0.1) is 6.54 Å². The van der Waals surface area contributed by atoms with E-state index in [1.54, 1.807) is 0 Å². The normalized spacial score (nSPS) is 12.8. The van der Waals surface area contributed by atoms with Crippen LogP contribution >= 0.6 is 0 Å². The van der Waals surface area contributed by atoms with E-state index in [0.717, 1.165) is 7.05 Å². The molecule has 2 aromatic heterocycles. The lowest BCUT2D eigenvalue weighted by molar-refractivity contribution is -0.147. The number of alkyl halides is 3. The Kier molecular flexibility index (Phi) is 4.59. The van der Waals surface area contributed by atoms with Crippen molar-refractivity contribution in [3.8, 4) is 0 Å². The fourth-order valence-electron chi connectivity index (χ4n) is 2.10. The Balaban J connectivity index is 2.15. The Morgan fingerprint density at radius 2 is 1.92 bits per heavy atom. The van der Waals surface area contributed by atoms with E-state index in [0.29, 0.717) is 9.25 Å². The number of hydrogen-bond donors (Lipinski definition) is 1. The summed E-state index contributed by atoms with van der Waals surface area (Å²) in [6.07, 6.45) is -4.78. The molecule has 0 unspecified atom stereocenters. The molecule has 0 spiro atoms. The highest BCUT2D eigenvalue weighted by Crippen LogP contribution is 2.26. The molecule has 134 valence electrons. The van der Waals surface area contributed by atoms with E-state index < -0.39 is 27.7 Å². The summed E-state index contributed by atoms with van der Waals surface area (Å²) in [6, 6.07) is 0. The van der Waals surface area contributed by atoms with Crippen molar-refractivity contribution in [1.82, 2.24) is 24.2 Å². The zero-order valence-corrected chi connectivity index (χ0v) is 13.7. The van der Waals surface area contributed by atoms with Crippen LogP contribution < -0.4 is 10.4 Å². The Morgan fingerprint density at radius 3 is 2.38 bits per heavy atom. The average molecular weight is 369 g/mol. The molecule has 1 N–H and O–H groups in total. The number of nitrogens with zero attached hydrogens (tertiary/aromatic N) is 4. The molecule has 2 heterocycles. The second-order valence-electron chi connectivity index (χ2n) is 4.94. The Morgan fingerprint density at radius 1 is 1.29 bits per heavy atom. The molecule has 0 aromatic carbocycles. The van der Waals surface area contributed by atoms with Crippen molar-refractivity contribution in [3.63, 3.8) is 0 Å². The highest BCUT2D eigenvalue weighted by molar-refractivity contribution is 7.89. The molecule has 0 saturated heterocycles. The van der Waals surface area contributed by atoms with Crippen molar-refractivity contribution in [3.05, 3.63) is 27.8 Å². The fourth-order valence-corrected chi connectivity index (χ4v) is 3.44. The van der Waals surface area contributed by atoms with Crippen LogP contribution in [0.4, 0.5) is 13.2 Å². The van der Waals surface area contributed by atoms with Gasteiger partial charge in [-0.05, 0) is 13.8 Å².